The van der Waals surface area contributed by atoms with Gasteiger partial charge in [0.25, 0.3) is 0 Å². The van der Waals surface area contributed by atoms with Crippen molar-refractivity contribution in [2.45, 2.75) is 57.9 Å². The fraction of sp³-hybridized carbons (Fsp3) is 0.933. The number of hydrogen-bond donors (Lipinski definition) is 1. The predicted octanol–water partition coefficient (Wildman–Crippen LogP) is 2.40. The highest BCUT2D eigenvalue weighted by Gasteiger charge is 2.31. The Morgan fingerprint density at radius 2 is 1.89 bits per heavy atom. The Morgan fingerprint density at radius 3 is 2.50 bits per heavy atom. The van der Waals surface area contributed by atoms with Crippen molar-refractivity contribution < 1.29 is 4.79 Å². The lowest BCUT2D eigenvalue weighted by Gasteiger charge is -2.33. The largest absolute Gasteiger partial charge is 0.345 e. The summed E-state index contributed by atoms with van der Waals surface area (Å²) in [6.07, 6.45) is 8.29. The van der Waals surface area contributed by atoms with Crippen molar-refractivity contribution in [2.24, 2.45) is 23.5 Å². The summed E-state index contributed by atoms with van der Waals surface area (Å²) >= 11 is 0. The first-order chi connectivity index (χ1) is 8.56. The topological polar surface area (TPSA) is 46.3 Å². The van der Waals surface area contributed by atoms with Crippen LogP contribution in [0.2, 0.25) is 0 Å². The van der Waals surface area contributed by atoms with Crippen LogP contribution in [0, 0.1) is 17.8 Å². The first-order valence-electron chi connectivity index (χ1n) is 7.56. The molecule has 104 valence electrons. The Kier molecular flexibility index (Phi) is 4.66. The minimum absolute atomic E-state index is 0.176. The van der Waals surface area contributed by atoms with Crippen molar-refractivity contribution in [3.8, 4) is 0 Å². The predicted molar refractivity (Wildman–Crippen MR) is 74.1 cm³/mol. The van der Waals surface area contributed by atoms with E-state index in [9.17, 15) is 4.79 Å². The van der Waals surface area contributed by atoms with Crippen LogP contribution in [0.15, 0.2) is 0 Å². The van der Waals surface area contributed by atoms with E-state index in [1.165, 1.54) is 25.7 Å². The van der Waals surface area contributed by atoms with Crippen LogP contribution in [0.4, 0.5) is 0 Å². The van der Waals surface area contributed by atoms with Crippen LogP contribution in [-0.2, 0) is 4.79 Å². The van der Waals surface area contributed by atoms with E-state index in [4.69, 9.17) is 5.73 Å². The third-order valence-electron chi connectivity index (χ3n) is 4.71. The Labute approximate surface area is 111 Å². The standard InChI is InChI=1S/C15H28N2O/c1-11-7-13(9-14(16)8-11)15(18)17(2)10-12-5-3-4-6-12/h11-14H,3-10,16H2,1-2H3. The van der Waals surface area contributed by atoms with E-state index < -0.39 is 0 Å². The monoisotopic (exact) mass is 252 g/mol. The van der Waals surface area contributed by atoms with E-state index in [0.717, 1.165) is 31.7 Å². The average molecular weight is 252 g/mol. The maximum absolute atomic E-state index is 12.4. The normalized spacial score (nSPS) is 33.6. The van der Waals surface area contributed by atoms with Gasteiger partial charge in [-0.25, -0.2) is 0 Å². The molecule has 0 aromatic heterocycles. The highest BCUT2D eigenvalue weighted by atomic mass is 16.2. The van der Waals surface area contributed by atoms with Crippen LogP contribution in [0.25, 0.3) is 0 Å². The van der Waals surface area contributed by atoms with Gasteiger partial charge in [-0.15, -0.1) is 0 Å². The molecule has 0 saturated heterocycles. The quantitative estimate of drug-likeness (QED) is 0.838. The average Bonchev–Trinajstić information content (AvgIpc) is 2.79. The van der Waals surface area contributed by atoms with E-state index in [1.807, 2.05) is 11.9 Å². The zero-order valence-corrected chi connectivity index (χ0v) is 11.9. The van der Waals surface area contributed by atoms with Crippen LogP contribution < -0.4 is 5.73 Å². The second-order valence-electron chi connectivity index (χ2n) is 6.64. The number of nitrogens with two attached hydrogens (primary N) is 1. The lowest BCUT2D eigenvalue weighted by Crippen LogP contribution is -2.42. The van der Waals surface area contributed by atoms with Crippen LogP contribution in [0.1, 0.15) is 51.9 Å². The van der Waals surface area contributed by atoms with Crippen LogP contribution in [-0.4, -0.2) is 30.4 Å². The highest BCUT2D eigenvalue weighted by Crippen LogP contribution is 2.30. The van der Waals surface area contributed by atoms with E-state index in [-0.39, 0.29) is 12.0 Å². The van der Waals surface area contributed by atoms with Gasteiger partial charge in [0.05, 0.1) is 0 Å². The molecule has 2 rings (SSSR count). The molecule has 0 spiro atoms. The minimum Gasteiger partial charge on any atom is -0.345 e. The number of amides is 1. The third kappa shape index (κ3) is 3.47. The SMILES string of the molecule is CC1CC(N)CC(C(=O)N(C)CC2CCCC2)C1. The number of nitrogens with zero attached hydrogens (tertiary/aromatic N) is 1. The van der Waals surface area contributed by atoms with Crippen molar-refractivity contribution in [1.29, 1.82) is 0 Å². The van der Waals surface area contributed by atoms with E-state index >= 15 is 0 Å². The van der Waals surface area contributed by atoms with Crippen molar-refractivity contribution in [2.75, 3.05) is 13.6 Å². The van der Waals surface area contributed by atoms with E-state index in [1.54, 1.807) is 0 Å². The van der Waals surface area contributed by atoms with Gasteiger partial charge in [0.2, 0.25) is 5.91 Å². The van der Waals surface area contributed by atoms with Gasteiger partial charge >= 0.3 is 0 Å². The molecule has 2 aliphatic rings. The fourth-order valence-corrected chi connectivity index (χ4v) is 3.84. The molecular formula is C15H28N2O. The molecule has 0 aromatic carbocycles. The van der Waals surface area contributed by atoms with Gasteiger partial charge in [0.15, 0.2) is 0 Å². The molecule has 2 saturated carbocycles. The van der Waals surface area contributed by atoms with Crippen LogP contribution in [0.3, 0.4) is 0 Å². The lowest BCUT2D eigenvalue weighted by molar-refractivity contribution is -0.136. The Hall–Kier alpha value is -0.570. The molecule has 0 heterocycles. The van der Waals surface area contributed by atoms with E-state index in [2.05, 4.69) is 6.92 Å². The summed E-state index contributed by atoms with van der Waals surface area (Å²) in [5, 5.41) is 0. The molecule has 3 nitrogen and oxygen atoms in total. The van der Waals surface area contributed by atoms with Gasteiger partial charge in [0, 0.05) is 25.6 Å². The molecule has 0 radical (unpaired) electrons. The molecule has 0 aromatic rings. The summed E-state index contributed by atoms with van der Waals surface area (Å²) in [6, 6.07) is 0.225. The number of rotatable bonds is 3. The summed E-state index contributed by atoms with van der Waals surface area (Å²) in [5.74, 6) is 1.86. The zero-order chi connectivity index (χ0) is 13.1. The van der Waals surface area contributed by atoms with Crippen molar-refractivity contribution in [3.63, 3.8) is 0 Å². The molecule has 3 unspecified atom stereocenters. The summed E-state index contributed by atoms with van der Waals surface area (Å²) in [7, 11) is 1.98. The van der Waals surface area contributed by atoms with Gasteiger partial charge in [-0.3, -0.25) is 4.79 Å². The first-order valence-corrected chi connectivity index (χ1v) is 7.56. The Morgan fingerprint density at radius 1 is 1.22 bits per heavy atom. The second kappa shape index (κ2) is 6.05. The Bertz CT molecular complexity index is 276. The summed E-state index contributed by atoms with van der Waals surface area (Å²) < 4.78 is 0. The maximum atomic E-state index is 12.4. The molecule has 18 heavy (non-hydrogen) atoms. The molecule has 2 N–H and O–H groups in total. The summed E-state index contributed by atoms with van der Waals surface area (Å²) in [4.78, 5) is 14.4. The third-order valence-corrected chi connectivity index (χ3v) is 4.71. The van der Waals surface area contributed by atoms with Crippen molar-refractivity contribution >= 4 is 5.91 Å². The molecule has 1 amide bonds. The fourth-order valence-electron chi connectivity index (χ4n) is 3.84. The summed E-state index contributed by atoms with van der Waals surface area (Å²) in [5.41, 5.74) is 6.05. The molecular weight excluding hydrogens is 224 g/mol. The molecule has 3 atom stereocenters. The smallest absolute Gasteiger partial charge is 0.225 e. The van der Waals surface area contributed by atoms with Crippen molar-refractivity contribution in [1.82, 2.24) is 4.90 Å². The number of carbonyl (C=O) groups excluding carboxylic acids is 1. The second-order valence-corrected chi connectivity index (χ2v) is 6.64. The van der Waals surface area contributed by atoms with Gasteiger partial charge in [-0.05, 0) is 43.9 Å². The zero-order valence-electron chi connectivity index (χ0n) is 11.9. The maximum Gasteiger partial charge on any atom is 0.225 e. The molecule has 0 aliphatic heterocycles. The molecule has 0 bridgehead atoms. The van der Waals surface area contributed by atoms with E-state index in [0.29, 0.717) is 11.8 Å². The first kappa shape index (κ1) is 13.9. The highest BCUT2D eigenvalue weighted by molar-refractivity contribution is 5.78. The van der Waals surface area contributed by atoms with Gasteiger partial charge in [-0.1, -0.05) is 19.8 Å². The summed E-state index contributed by atoms with van der Waals surface area (Å²) in [6.45, 7) is 3.18. The lowest BCUT2D eigenvalue weighted by atomic mass is 9.79. The number of hydrogen-bond acceptors (Lipinski definition) is 2. The van der Waals surface area contributed by atoms with Gasteiger partial charge in [-0.2, -0.15) is 0 Å². The van der Waals surface area contributed by atoms with Crippen LogP contribution >= 0.6 is 0 Å². The van der Waals surface area contributed by atoms with Crippen molar-refractivity contribution in [3.05, 3.63) is 0 Å². The molecule has 2 fully saturated rings. The van der Waals surface area contributed by atoms with Crippen LogP contribution in [0.5, 0.6) is 0 Å². The van der Waals surface area contributed by atoms with Gasteiger partial charge < -0.3 is 10.6 Å². The number of carbonyl (C=O) groups is 1. The molecule has 2 aliphatic carbocycles. The Balaban J connectivity index is 1.85. The van der Waals surface area contributed by atoms with Gasteiger partial charge in [0.1, 0.15) is 0 Å². The minimum atomic E-state index is 0.176. The molecule has 3 heteroatoms.